The Morgan fingerprint density at radius 1 is 1.16 bits per heavy atom. The number of azide groups is 1. The fourth-order valence-corrected chi connectivity index (χ4v) is 2.78. The van der Waals surface area contributed by atoms with Crippen molar-refractivity contribution < 1.29 is 8.42 Å². The van der Waals surface area contributed by atoms with Gasteiger partial charge in [0, 0.05) is 16.8 Å². The molecule has 0 amide bonds. The van der Waals surface area contributed by atoms with Crippen LogP contribution in [0, 0.1) is 0 Å². The number of benzene rings is 2. The Labute approximate surface area is 110 Å². The summed E-state index contributed by atoms with van der Waals surface area (Å²) in [5, 5.41) is 10.1. The lowest BCUT2D eigenvalue weighted by Gasteiger charge is -2.08. The zero-order valence-electron chi connectivity index (χ0n) is 10.0. The lowest BCUT2D eigenvalue weighted by Crippen LogP contribution is -2.12. The molecule has 0 aromatic heterocycles. The number of hydrogen-bond acceptors (Lipinski definition) is 3. The van der Waals surface area contributed by atoms with Gasteiger partial charge in [-0.1, -0.05) is 35.4 Å². The van der Waals surface area contributed by atoms with E-state index < -0.39 is 10.0 Å². The summed E-state index contributed by atoms with van der Waals surface area (Å²) in [5.74, 6) is 0. The van der Waals surface area contributed by atoms with E-state index >= 15 is 0 Å². The number of sulfonamides is 1. The Hall–Kier alpha value is -2.08. The van der Waals surface area contributed by atoms with Gasteiger partial charge in [-0.2, -0.15) is 0 Å². The van der Waals surface area contributed by atoms with Crippen molar-refractivity contribution >= 4 is 20.8 Å². The highest BCUT2D eigenvalue weighted by atomic mass is 32.2. The number of nitrogens with two attached hydrogens (primary N) is 1. The molecule has 0 aliphatic heterocycles. The molecular weight excluding hydrogens is 264 g/mol. The predicted octanol–water partition coefficient (Wildman–Crippen LogP) is 2.34. The first-order valence-electron chi connectivity index (χ1n) is 5.58. The monoisotopic (exact) mass is 276 g/mol. The zero-order chi connectivity index (χ0) is 13.9. The summed E-state index contributed by atoms with van der Waals surface area (Å²) in [4.78, 5) is 2.80. The standard InChI is InChI=1S/C12H12N4O2S/c13-16-15-8-7-9-3-1-5-11-10(9)4-2-6-12(11)19(14,17)18/h1-6H,7-8H2,(H2,14,17,18). The number of rotatable bonds is 4. The average Bonchev–Trinajstić information content (AvgIpc) is 2.37. The summed E-state index contributed by atoms with van der Waals surface area (Å²) < 4.78 is 23.1. The van der Waals surface area contributed by atoms with Gasteiger partial charge in [-0.05, 0) is 29.0 Å². The molecule has 98 valence electrons. The Kier molecular flexibility index (Phi) is 3.71. The van der Waals surface area contributed by atoms with Gasteiger partial charge in [0.15, 0.2) is 0 Å². The van der Waals surface area contributed by atoms with E-state index in [0.717, 1.165) is 10.9 Å². The average molecular weight is 276 g/mol. The second-order valence-electron chi connectivity index (χ2n) is 4.02. The van der Waals surface area contributed by atoms with Gasteiger partial charge in [0.05, 0.1) is 4.90 Å². The van der Waals surface area contributed by atoms with Crippen LogP contribution in [0.2, 0.25) is 0 Å². The second kappa shape index (κ2) is 5.27. The number of hydrogen-bond donors (Lipinski definition) is 1. The predicted molar refractivity (Wildman–Crippen MR) is 73.0 cm³/mol. The molecule has 0 radical (unpaired) electrons. The molecule has 0 unspecified atom stereocenters. The van der Waals surface area contributed by atoms with Crippen molar-refractivity contribution in [2.45, 2.75) is 11.3 Å². The van der Waals surface area contributed by atoms with Crippen LogP contribution in [0.1, 0.15) is 5.56 Å². The van der Waals surface area contributed by atoms with E-state index in [4.69, 9.17) is 10.7 Å². The highest BCUT2D eigenvalue weighted by molar-refractivity contribution is 7.89. The molecule has 0 saturated carbocycles. The molecule has 2 aromatic carbocycles. The van der Waals surface area contributed by atoms with Gasteiger partial charge in [0.2, 0.25) is 10.0 Å². The van der Waals surface area contributed by atoms with Crippen molar-refractivity contribution in [1.29, 1.82) is 0 Å². The molecule has 7 heteroatoms. The van der Waals surface area contributed by atoms with Crippen LogP contribution in [-0.2, 0) is 16.4 Å². The smallest absolute Gasteiger partial charge is 0.225 e. The molecule has 0 aliphatic rings. The number of primary sulfonamides is 1. The quantitative estimate of drug-likeness (QED) is 0.525. The third-order valence-electron chi connectivity index (χ3n) is 2.82. The molecule has 0 fully saturated rings. The SMILES string of the molecule is [N-]=[N+]=NCCc1cccc2c(S(N)(=O)=O)cccc12. The minimum atomic E-state index is -3.75. The fraction of sp³-hybridized carbons (Fsp3) is 0.167. The second-order valence-corrected chi connectivity index (χ2v) is 5.55. The van der Waals surface area contributed by atoms with Crippen molar-refractivity contribution in [3.63, 3.8) is 0 Å². The van der Waals surface area contributed by atoms with Crippen LogP contribution in [0.4, 0.5) is 0 Å². The van der Waals surface area contributed by atoms with Gasteiger partial charge in [-0.25, -0.2) is 13.6 Å². The van der Waals surface area contributed by atoms with Crippen LogP contribution < -0.4 is 5.14 Å². The van der Waals surface area contributed by atoms with Crippen LogP contribution in [-0.4, -0.2) is 15.0 Å². The van der Waals surface area contributed by atoms with Crippen molar-refractivity contribution in [2.75, 3.05) is 6.54 Å². The van der Waals surface area contributed by atoms with Gasteiger partial charge >= 0.3 is 0 Å². The summed E-state index contributed by atoms with van der Waals surface area (Å²) in [6.07, 6.45) is 0.551. The van der Waals surface area contributed by atoms with E-state index in [-0.39, 0.29) is 4.90 Å². The van der Waals surface area contributed by atoms with E-state index in [2.05, 4.69) is 10.0 Å². The van der Waals surface area contributed by atoms with Crippen LogP contribution in [0.15, 0.2) is 46.4 Å². The van der Waals surface area contributed by atoms with Gasteiger partial charge in [-0.3, -0.25) is 0 Å². The first-order chi connectivity index (χ1) is 9.04. The molecule has 2 aromatic rings. The van der Waals surface area contributed by atoms with Crippen molar-refractivity contribution in [3.8, 4) is 0 Å². The summed E-state index contributed by atoms with van der Waals surface area (Å²) in [6, 6.07) is 10.3. The highest BCUT2D eigenvalue weighted by Gasteiger charge is 2.12. The van der Waals surface area contributed by atoms with E-state index in [1.54, 1.807) is 18.2 Å². The first kappa shape index (κ1) is 13.4. The highest BCUT2D eigenvalue weighted by Crippen LogP contribution is 2.25. The first-order valence-corrected chi connectivity index (χ1v) is 7.13. The van der Waals surface area contributed by atoms with Crippen LogP contribution in [0.5, 0.6) is 0 Å². The third kappa shape index (κ3) is 2.85. The van der Waals surface area contributed by atoms with Crippen molar-refractivity contribution in [3.05, 3.63) is 52.4 Å². The largest absolute Gasteiger partial charge is 0.238 e. The molecule has 0 atom stereocenters. The van der Waals surface area contributed by atoms with Crippen molar-refractivity contribution in [1.82, 2.24) is 0 Å². The minimum absolute atomic E-state index is 0.107. The molecular formula is C12H12N4O2S. The molecule has 0 heterocycles. The summed E-state index contributed by atoms with van der Waals surface area (Å²) >= 11 is 0. The maximum Gasteiger partial charge on any atom is 0.238 e. The lowest BCUT2D eigenvalue weighted by atomic mass is 10.0. The Balaban J connectivity index is 2.61. The van der Waals surface area contributed by atoms with Crippen molar-refractivity contribution in [2.24, 2.45) is 10.3 Å². The number of nitrogens with zero attached hydrogens (tertiary/aromatic N) is 3. The Morgan fingerprint density at radius 3 is 2.53 bits per heavy atom. The molecule has 0 aliphatic carbocycles. The topological polar surface area (TPSA) is 109 Å². The van der Waals surface area contributed by atoms with E-state index in [1.807, 2.05) is 12.1 Å². The molecule has 0 bridgehead atoms. The number of fused-ring (bicyclic) bond motifs is 1. The molecule has 2 rings (SSSR count). The Bertz CT molecular complexity index is 764. The summed E-state index contributed by atoms with van der Waals surface area (Å²) in [7, 11) is -3.75. The lowest BCUT2D eigenvalue weighted by molar-refractivity contribution is 0.598. The van der Waals surface area contributed by atoms with Gasteiger partial charge < -0.3 is 0 Å². The minimum Gasteiger partial charge on any atom is -0.225 e. The van der Waals surface area contributed by atoms with Gasteiger partial charge in [0.1, 0.15) is 0 Å². The molecule has 2 N–H and O–H groups in total. The molecule has 6 nitrogen and oxygen atoms in total. The third-order valence-corrected chi connectivity index (χ3v) is 3.79. The normalized spacial score (nSPS) is 11.2. The van der Waals surface area contributed by atoms with E-state index in [0.29, 0.717) is 18.4 Å². The zero-order valence-corrected chi connectivity index (χ0v) is 10.8. The van der Waals surface area contributed by atoms with Gasteiger partial charge in [0.25, 0.3) is 0 Å². The molecule has 19 heavy (non-hydrogen) atoms. The fourth-order valence-electron chi connectivity index (χ4n) is 2.03. The molecule has 0 saturated heterocycles. The maximum atomic E-state index is 11.5. The Morgan fingerprint density at radius 2 is 1.84 bits per heavy atom. The maximum absolute atomic E-state index is 11.5. The summed E-state index contributed by atoms with van der Waals surface area (Å²) in [6.45, 7) is 0.329. The van der Waals surface area contributed by atoms with Crippen LogP contribution in [0.3, 0.4) is 0 Å². The van der Waals surface area contributed by atoms with Crippen LogP contribution in [0.25, 0.3) is 21.2 Å². The van der Waals surface area contributed by atoms with Gasteiger partial charge in [-0.15, -0.1) is 0 Å². The molecule has 0 spiro atoms. The van der Waals surface area contributed by atoms with Crippen LogP contribution >= 0.6 is 0 Å². The van der Waals surface area contributed by atoms with E-state index in [9.17, 15) is 8.42 Å². The summed E-state index contributed by atoms with van der Waals surface area (Å²) in [5.41, 5.74) is 9.20. The van der Waals surface area contributed by atoms with E-state index in [1.165, 1.54) is 6.07 Å².